The first kappa shape index (κ1) is 12.1. The number of aromatic nitrogens is 2. The molecule has 0 amide bonds. The first-order valence-corrected chi connectivity index (χ1v) is 5.79. The number of benzene rings is 1. The van der Waals surface area contributed by atoms with Crippen molar-refractivity contribution in [3.05, 3.63) is 30.1 Å². The zero-order valence-electron chi connectivity index (χ0n) is 10.6. The quantitative estimate of drug-likeness (QED) is 0.840. The van der Waals surface area contributed by atoms with Crippen LogP contribution in [0.3, 0.4) is 0 Å². The molecule has 0 fully saturated rings. The van der Waals surface area contributed by atoms with Crippen LogP contribution in [0, 0.1) is 0 Å². The SMILES string of the molecule is Cn1cnc2cc(CNCC(C)(C)O)ccc21. The van der Waals surface area contributed by atoms with Crippen LogP contribution in [0.25, 0.3) is 11.0 Å². The van der Waals surface area contributed by atoms with Gasteiger partial charge in [0.05, 0.1) is 23.0 Å². The molecular weight excluding hydrogens is 214 g/mol. The van der Waals surface area contributed by atoms with Crippen LogP contribution < -0.4 is 5.32 Å². The number of aliphatic hydroxyl groups is 1. The van der Waals surface area contributed by atoms with Crippen molar-refractivity contribution in [1.29, 1.82) is 0 Å². The lowest BCUT2D eigenvalue weighted by molar-refractivity contribution is 0.0795. The van der Waals surface area contributed by atoms with Crippen LogP contribution in [0.2, 0.25) is 0 Å². The van der Waals surface area contributed by atoms with Crippen LogP contribution in [0.1, 0.15) is 19.4 Å². The van der Waals surface area contributed by atoms with E-state index in [0.29, 0.717) is 6.54 Å². The average Bonchev–Trinajstić information content (AvgIpc) is 2.58. The Hall–Kier alpha value is -1.39. The van der Waals surface area contributed by atoms with Gasteiger partial charge in [-0.15, -0.1) is 0 Å². The Kier molecular flexibility index (Phi) is 3.17. The second-order valence-corrected chi connectivity index (χ2v) is 5.09. The van der Waals surface area contributed by atoms with Crippen molar-refractivity contribution in [3.8, 4) is 0 Å². The van der Waals surface area contributed by atoms with Gasteiger partial charge in [0.1, 0.15) is 0 Å². The first-order valence-electron chi connectivity index (χ1n) is 5.79. The van der Waals surface area contributed by atoms with E-state index in [9.17, 15) is 5.11 Å². The second kappa shape index (κ2) is 4.47. The summed E-state index contributed by atoms with van der Waals surface area (Å²) in [7, 11) is 1.99. The van der Waals surface area contributed by atoms with Crippen LogP contribution in [0.5, 0.6) is 0 Å². The van der Waals surface area contributed by atoms with Crippen molar-refractivity contribution in [2.45, 2.75) is 26.0 Å². The summed E-state index contributed by atoms with van der Waals surface area (Å²) in [6, 6.07) is 6.23. The molecule has 0 radical (unpaired) electrons. The Morgan fingerprint density at radius 3 is 2.88 bits per heavy atom. The molecule has 0 atom stereocenters. The molecule has 0 aliphatic rings. The fraction of sp³-hybridized carbons (Fsp3) is 0.462. The minimum absolute atomic E-state index is 0.577. The van der Waals surface area contributed by atoms with E-state index in [4.69, 9.17) is 0 Å². The highest BCUT2D eigenvalue weighted by Gasteiger charge is 2.11. The molecule has 92 valence electrons. The maximum atomic E-state index is 9.59. The van der Waals surface area contributed by atoms with Crippen molar-refractivity contribution in [1.82, 2.24) is 14.9 Å². The van der Waals surface area contributed by atoms with Gasteiger partial charge in [-0.1, -0.05) is 6.07 Å². The number of nitrogens with one attached hydrogen (secondary N) is 1. The third kappa shape index (κ3) is 3.05. The normalized spacial score (nSPS) is 12.2. The highest BCUT2D eigenvalue weighted by molar-refractivity contribution is 5.75. The van der Waals surface area contributed by atoms with Gasteiger partial charge in [0, 0.05) is 20.1 Å². The van der Waals surface area contributed by atoms with Crippen LogP contribution in [-0.2, 0) is 13.6 Å². The van der Waals surface area contributed by atoms with Crippen molar-refractivity contribution in [3.63, 3.8) is 0 Å². The summed E-state index contributed by atoms with van der Waals surface area (Å²) >= 11 is 0. The first-order chi connectivity index (χ1) is 7.96. The zero-order valence-corrected chi connectivity index (χ0v) is 10.6. The molecule has 1 aromatic carbocycles. The molecule has 0 spiro atoms. The largest absolute Gasteiger partial charge is 0.389 e. The van der Waals surface area contributed by atoms with Gasteiger partial charge in [0.15, 0.2) is 0 Å². The summed E-state index contributed by atoms with van der Waals surface area (Å²) in [6.45, 7) is 4.91. The van der Waals surface area contributed by atoms with Gasteiger partial charge in [-0.05, 0) is 31.5 Å². The molecule has 0 aliphatic carbocycles. The molecule has 0 unspecified atom stereocenters. The van der Waals surface area contributed by atoms with Gasteiger partial charge < -0.3 is 15.0 Å². The lowest BCUT2D eigenvalue weighted by Crippen LogP contribution is -2.34. The Labute approximate surface area is 101 Å². The Balaban J connectivity index is 2.04. The van der Waals surface area contributed by atoms with Gasteiger partial charge >= 0.3 is 0 Å². The lowest BCUT2D eigenvalue weighted by Gasteiger charge is -2.17. The molecule has 1 heterocycles. The van der Waals surface area contributed by atoms with Gasteiger partial charge in [-0.2, -0.15) is 0 Å². The molecule has 4 nitrogen and oxygen atoms in total. The van der Waals surface area contributed by atoms with Gasteiger partial charge in [-0.3, -0.25) is 0 Å². The van der Waals surface area contributed by atoms with Crippen molar-refractivity contribution >= 4 is 11.0 Å². The molecular formula is C13H19N3O. The van der Waals surface area contributed by atoms with Crippen molar-refractivity contribution in [2.75, 3.05) is 6.54 Å². The molecule has 0 saturated heterocycles. The number of nitrogens with zero attached hydrogens (tertiary/aromatic N) is 2. The number of aryl methyl sites for hydroxylation is 1. The maximum absolute atomic E-state index is 9.59. The molecule has 1 aromatic heterocycles. The Morgan fingerprint density at radius 1 is 1.41 bits per heavy atom. The van der Waals surface area contributed by atoms with Crippen LogP contribution in [-0.4, -0.2) is 26.8 Å². The van der Waals surface area contributed by atoms with Crippen LogP contribution >= 0.6 is 0 Å². The molecule has 4 heteroatoms. The predicted octanol–water partition coefficient (Wildman–Crippen LogP) is 1.43. The summed E-state index contributed by atoms with van der Waals surface area (Å²) in [5.74, 6) is 0. The van der Waals surface area contributed by atoms with Gasteiger partial charge in [0.2, 0.25) is 0 Å². The summed E-state index contributed by atoms with van der Waals surface area (Å²) < 4.78 is 2.00. The topological polar surface area (TPSA) is 50.1 Å². The third-order valence-corrected chi connectivity index (χ3v) is 2.68. The van der Waals surface area contributed by atoms with Crippen molar-refractivity contribution < 1.29 is 5.11 Å². The van der Waals surface area contributed by atoms with E-state index >= 15 is 0 Å². The van der Waals surface area contributed by atoms with Gasteiger partial charge in [0.25, 0.3) is 0 Å². The van der Waals surface area contributed by atoms with E-state index in [2.05, 4.69) is 28.5 Å². The van der Waals surface area contributed by atoms with Crippen LogP contribution in [0.15, 0.2) is 24.5 Å². The lowest BCUT2D eigenvalue weighted by atomic mass is 10.1. The van der Waals surface area contributed by atoms with E-state index in [1.165, 1.54) is 5.56 Å². The maximum Gasteiger partial charge on any atom is 0.0955 e. The fourth-order valence-electron chi connectivity index (χ4n) is 1.80. The standard InChI is InChI=1S/C13H19N3O/c1-13(2,17)8-14-7-10-4-5-12-11(6-10)15-9-16(12)3/h4-6,9,14,17H,7-8H2,1-3H3. The van der Waals surface area contributed by atoms with E-state index in [-0.39, 0.29) is 0 Å². The van der Waals surface area contributed by atoms with Crippen molar-refractivity contribution in [2.24, 2.45) is 7.05 Å². The van der Waals surface area contributed by atoms with Crippen LogP contribution in [0.4, 0.5) is 0 Å². The summed E-state index contributed by atoms with van der Waals surface area (Å²) in [5.41, 5.74) is 2.65. The minimum Gasteiger partial charge on any atom is -0.389 e. The summed E-state index contributed by atoms with van der Waals surface area (Å²) in [4.78, 5) is 4.32. The van der Waals surface area contributed by atoms with E-state index in [1.54, 1.807) is 13.8 Å². The number of imidazole rings is 1. The summed E-state index contributed by atoms with van der Waals surface area (Å²) in [5, 5.41) is 12.8. The molecule has 2 rings (SSSR count). The minimum atomic E-state index is -0.672. The molecule has 17 heavy (non-hydrogen) atoms. The number of hydrogen-bond donors (Lipinski definition) is 2. The molecule has 0 bridgehead atoms. The number of hydrogen-bond acceptors (Lipinski definition) is 3. The fourth-order valence-corrected chi connectivity index (χ4v) is 1.80. The third-order valence-electron chi connectivity index (χ3n) is 2.68. The number of rotatable bonds is 4. The predicted molar refractivity (Wildman–Crippen MR) is 68.7 cm³/mol. The monoisotopic (exact) mass is 233 g/mol. The smallest absolute Gasteiger partial charge is 0.0955 e. The highest BCUT2D eigenvalue weighted by atomic mass is 16.3. The van der Waals surface area contributed by atoms with E-state index < -0.39 is 5.60 Å². The molecule has 0 saturated carbocycles. The van der Waals surface area contributed by atoms with E-state index in [0.717, 1.165) is 17.6 Å². The van der Waals surface area contributed by atoms with E-state index in [1.807, 2.05) is 17.9 Å². The summed E-state index contributed by atoms with van der Waals surface area (Å²) in [6.07, 6.45) is 1.82. The zero-order chi connectivity index (χ0) is 12.5. The molecule has 0 aliphatic heterocycles. The number of fused-ring (bicyclic) bond motifs is 1. The molecule has 2 aromatic rings. The highest BCUT2D eigenvalue weighted by Crippen LogP contribution is 2.13. The Morgan fingerprint density at radius 2 is 2.18 bits per heavy atom. The molecule has 2 N–H and O–H groups in total. The van der Waals surface area contributed by atoms with Gasteiger partial charge in [-0.25, -0.2) is 4.98 Å². The average molecular weight is 233 g/mol. The second-order valence-electron chi connectivity index (χ2n) is 5.09. The Bertz CT molecular complexity index is 511.